The van der Waals surface area contributed by atoms with Crippen molar-refractivity contribution in [2.75, 3.05) is 14.2 Å². The summed E-state index contributed by atoms with van der Waals surface area (Å²) < 4.78 is 5.63. The van der Waals surface area contributed by atoms with E-state index in [0.29, 0.717) is 0 Å². The van der Waals surface area contributed by atoms with Crippen LogP contribution in [0.25, 0.3) is 0 Å². The normalized spacial score (nSPS) is 40.8. The standard InChI is InChI=1S/C15H28N2O2/c1-14(2)12(9-15(14,3)19-5)17(4)13(18)10-6-7-11(16)8-10/h10-12H,6-9,16H2,1-5H3/t10-,11+,12+,15-/m1/s1. The number of methoxy groups -OCH3 is 1. The second-order valence-corrected chi connectivity index (χ2v) is 7.10. The summed E-state index contributed by atoms with van der Waals surface area (Å²) in [6.45, 7) is 6.51. The Labute approximate surface area is 116 Å². The molecule has 0 unspecified atom stereocenters. The number of carbonyl (C=O) groups excluding carboxylic acids is 1. The number of nitrogens with two attached hydrogens (primary N) is 1. The minimum absolute atomic E-state index is 0.00706. The fraction of sp³-hybridized carbons (Fsp3) is 0.933. The quantitative estimate of drug-likeness (QED) is 0.849. The van der Waals surface area contributed by atoms with E-state index < -0.39 is 0 Å². The smallest absolute Gasteiger partial charge is 0.225 e. The molecule has 2 N–H and O–H groups in total. The lowest BCUT2D eigenvalue weighted by molar-refractivity contribution is -0.208. The molecule has 0 spiro atoms. The summed E-state index contributed by atoms with van der Waals surface area (Å²) in [6.07, 6.45) is 3.68. The topological polar surface area (TPSA) is 55.6 Å². The molecule has 1 amide bonds. The van der Waals surface area contributed by atoms with Crippen LogP contribution in [0.1, 0.15) is 46.5 Å². The van der Waals surface area contributed by atoms with Crippen molar-refractivity contribution in [2.45, 2.75) is 64.1 Å². The van der Waals surface area contributed by atoms with Gasteiger partial charge in [-0.15, -0.1) is 0 Å². The summed E-state index contributed by atoms with van der Waals surface area (Å²) in [4.78, 5) is 14.5. The first-order chi connectivity index (χ1) is 8.73. The highest BCUT2D eigenvalue weighted by molar-refractivity contribution is 5.79. The van der Waals surface area contributed by atoms with Gasteiger partial charge in [-0.25, -0.2) is 0 Å². The van der Waals surface area contributed by atoms with E-state index in [1.807, 2.05) is 11.9 Å². The van der Waals surface area contributed by atoms with Gasteiger partial charge in [-0.3, -0.25) is 4.79 Å². The fourth-order valence-electron chi connectivity index (χ4n) is 3.76. The Morgan fingerprint density at radius 1 is 1.32 bits per heavy atom. The van der Waals surface area contributed by atoms with E-state index in [1.165, 1.54) is 0 Å². The van der Waals surface area contributed by atoms with Crippen LogP contribution in [0.15, 0.2) is 0 Å². The lowest BCUT2D eigenvalue weighted by Gasteiger charge is -2.61. The highest BCUT2D eigenvalue weighted by atomic mass is 16.5. The van der Waals surface area contributed by atoms with Gasteiger partial charge in [-0.1, -0.05) is 13.8 Å². The van der Waals surface area contributed by atoms with Crippen molar-refractivity contribution in [2.24, 2.45) is 17.1 Å². The fourth-order valence-corrected chi connectivity index (χ4v) is 3.76. The van der Waals surface area contributed by atoms with E-state index in [2.05, 4.69) is 20.8 Å². The molecule has 0 aromatic heterocycles. The number of hydrogen-bond donors (Lipinski definition) is 1. The van der Waals surface area contributed by atoms with Crippen LogP contribution in [0, 0.1) is 11.3 Å². The van der Waals surface area contributed by atoms with Gasteiger partial charge in [0, 0.05) is 37.6 Å². The molecule has 0 aliphatic heterocycles. The largest absolute Gasteiger partial charge is 0.378 e. The number of ether oxygens (including phenoxy) is 1. The van der Waals surface area contributed by atoms with Gasteiger partial charge in [-0.2, -0.15) is 0 Å². The van der Waals surface area contributed by atoms with E-state index in [1.54, 1.807) is 7.11 Å². The molecule has 2 fully saturated rings. The molecule has 2 saturated carbocycles. The number of carbonyl (C=O) groups is 1. The third-order valence-corrected chi connectivity index (χ3v) is 5.87. The summed E-state index contributed by atoms with van der Waals surface area (Å²) in [5, 5.41) is 0. The predicted octanol–water partition coefficient (Wildman–Crippen LogP) is 1.78. The molecule has 2 aliphatic rings. The van der Waals surface area contributed by atoms with Crippen molar-refractivity contribution in [1.82, 2.24) is 4.90 Å². The zero-order valence-electron chi connectivity index (χ0n) is 12.9. The molecule has 0 heterocycles. The predicted molar refractivity (Wildman–Crippen MR) is 75.7 cm³/mol. The summed E-state index contributed by atoms with van der Waals surface area (Å²) >= 11 is 0. The average molecular weight is 268 g/mol. The highest BCUT2D eigenvalue weighted by Gasteiger charge is 2.60. The van der Waals surface area contributed by atoms with Crippen molar-refractivity contribution in [3.63, 3.8) is 0 Å². The molecule has 4 nitrogen and oxygen atoms in total. The van der Waals surface area contributed by atoms with Crippen LogP contribution in [-0.2, 0) is 9.53 Å². The SMILES string of the molecule is CO[C@]1(C)C[C@H](N(C)C(=O)[C@@H]2CC[C@H](N)C2)C1(C)C. The molecule has 4 heteroatoms. The van der Waals surface area contributed by atoms with Crippen LogP contribution in [0.4, 0.5) is 0 Å². The van der Waals surface area contributed by atoms with Gasteiger partial charge in [0.2, 0.25) is 5.91 Å². The molecule has 0 bridgehead atoms. The van der Waals surface area contributed by atoms with Gasteiger partial charge < -0.3 is 15.4 Å². The van der Waals surface area contributed by atoms with Crippen molar-refractivity contribution in [3.8, 4) is 0 Å². The Morgan fingerprint density at radius 3 is 2.37 bits per heavy atom. The average Bonchev–Trinajstić information content (AvgIpc) is 2.80. The molecule has 2 rings (SSSR count). The Morgan fingerprint density at radius 2 is 1.95 bits per heavy atom. The van der Waals surface area contributed by atoms with Crippen LogP contribution in [0.2, 0.25) is 0 Å². The number of amides is 1. The van der Waals surface area contributed by atoms with Crippen LogP contribution < -0.4 is 5.73 Å². The Bertz CT molecular complexity index is 369. The Balaban J connectivity index is 2.02. The van der Waals surface area contributed by atoms with E-state index in [0.717, 1.165) is 25.7 Å². The zero-order valence-corrected chi connectivity index (χ0v) is 12.9. The third kappa shape index (κ3) is 2.19. The van der Waals surface area contributed by atoms with Crippen LogP contribution in [0.3, 0.4) is 0 Å². The van der Waals surface area contributed by atoms with Crippen molar-refractivity contribution >= 4 is 5.91 Å². The van der Waals surface area contributed by atoms with Gasteiger partial charge in [-0.05, 0) is 32.6 Å². The lowest BCUT2D eigenvalue weighted by atomic mass is 9.55. The second-order valence-electron chi connectivity index (χ2n) is 7.10. The van der Waals surface area contributed by atoms with Gasteiger partial charge in [0.15, 0.2) is 0 Å². The first-order valence-electron chi connectivity index (χ1n) is 7.30. The van der Waals surface area contributed by atoms with Crippen LogP contribution in [-0.4, -0.2) is 42.6 Å². The molecule has 0 aromatic rings. The maximum atomic E-state index is 12.5. The Hall–Kier alpha value is -0.610. The molecule has 110 valence electrons. The number of hydrogen-bond acceptors (Lipinski definition) is 3. The molecular formula is C15H28N2O2. The first-order valence-corrected chi connectivity index (χ1v) is 7.30. The van der Waals surface area contributed by atoms with Crippen molar-refractivity contribution in [1.29, 1.82) is 0 Å². The monoisotopic (exact) mass is 268 g/mol. The zero-order chi connectivity index (χ0) is 14.4. The summed E-state index contributed by atoms with van der Waals surface area (Å²) in [6, 6.07) is 0.475. The van der Waals surface area contributed by atoms with E-state index in [9.17, 15) is 4.79 Å². The van der Waals surface area contributed by atoms with Gasteiger partial charge in [0.05, 0.1) is 5.60 Å². The van der Waals surface area contributed by atoms with Gasteiger partial charge in [0.1, 0.15) is 0 Å². The minimum atomic E-state index is -0.127. The van der Waals surface area contributed by atoms with Gasteiger partial charge >= 0.3 is 0 Å². The summed E-state index contributed by atoms with van der Waals surface area (Å²) in [5.74, 6) is 0.398. The van der Waals surface area contributed by atoms with E-state index in [-0.39, 0.29) is 34.9 Å². The minimum Gasteiger partial charge on any atom is -0.378 e. The number of nitrogens with zero attached hydrogens (tertiary/aromatic N) is 1. The molecule has 0 aromatic carbocycles. The van der Waals surface area contributed by atoms with E-state index in [4.69, 9.17) is 10.5 Å². The van der Waals surface area contributed by atoms with Crippen LogP contribution in [0.5, 0.6) is 0 Å². The molecule has 19 heavy (non-hydrogen) atoms. The Kier molecular flexibility index (Phi) is 3.69. The summed E-state index contributed by atoms with van der Waals surface area (Å²) in [7, 11) is 3.70. The molecular weight excluding hydrogens is 240 g/mol. The summed E-state index contributed by atoms with van der Waals surface area (Å²) in [5.41, 5.74) is 5.78. The van der Waals surface area contributed by atoms with Crippen LogP contribution >= 0.6 is 0 Å². The third-order valence-electron chi connectivity index (χ3n) is 5.87. The highest BCUT2D eigenvalue weighted by Crippen LogP contribution is 2.53. The van der Waals surface area contributed by atoms with Gasteiger partial charge in [0.25, 0.3) is 0 Å². The molecule has 0 saturated heterocycles. The maximum Gasteiger partial charge on any atom is 0.225 e. The molecule has 2 aliphatic carbocycles. The molecule has 0 radical (unpaired) electrons. The maximum absolute atomic E-state index is 12.5. The number of rotatable bonds is 3. The van der Waals surface area contributed by atoms with E-state index >= 15 is 0 Å². The molecule has 4 atom stereocenters. The van der Waals surface area contributed by atoms with Crippen molar-refractivity contribution < 1.29 is 9.53 Å². The second kappa shape index (κ2) is 4.74. The lowest BCUT2D eigenvalue weighted by Crippen LogP contribution is -2.69. The first kappa shape index (κ1) is 14.8. The van der Waals surface area contributed by atoms with Crippen molar-refractivity contribution in [3.05, 3.63) is 0 Å².